The van der Waals surface area contributed by atoms with Crippen LogP contribution < -0.4 is 0 Å². The normalized spacial score (nSPS) is 18.0. The third-order valence-corrected chi connectivity index (χ3v) is 5.97. The van der Waals surface area contributed by atoms with Crippen LogP contribution in [0.15, 0.2) is 83.1 Å². The number of aryl methyl sites for hydroxylation is 1. The largest absolute Gasteiger partial charge is 0.507 e. The Morgan fingerprint density at radius 3 is 2.59 bits per heavy atom. The van der Waals surface area contributed by atoms with Crippen LogP contribution in [0.3, 0.4) is 0 Å². The van der Waals surface area contributed by atoms with Gasteiger partial charge in [0.05, 0.1) is 11.8 Å². The fraction of sp³-hybridized carbons (Fsp3) is 0.154. The highest BCUT2D eigenvalue weighted by Crippen LogP contribution is 2.39. The molecule has 6 nitrogen and oxygen atoms in total. The Labute approximate surface area is 184 Å². The SMILES string of the molecule is Cc1ccc(C(O)=C2C(=O)C(=O)N(CCc3c[nH]c4ccccc34)C2c2ccco2)cc1. The summed E-state index contributed by atoms with van der Waals surface area (Å²) in [4.78, 5) is 30.8. The molecule has 1 saturated heterocycles. The third-order valence-electron chi connectivity index (χ3n) is 5.97. The van der Waals surface area contributed by atoms with E-state index in [1.165, 1.54) is 11.2 Å². The number of ketones is 1. The summed E-state index contributed by atoms with van der Waals surface area (Å²) >= 11 is 0. The zero-order chi connectivity index (χ0) is 22.2. The number of aliphatic hydroxyl groups is 1. The molecule has 4 aromatic rings. The smallest absolute Gasteiger partial charge is 0.295 e. The predicted molar refractivity (Wildman–Crippen MR) is 121 cm³/mol. The minimum absolute atomic E-state index is 0.0488. The Morgan fingerprint density at radius 1 is 1.06 bits per heavy atom. The monoisotopic (exact) mass is 426 g/mol. The molecule has 2 aromatic carbocycles. The van der Waals surface area contributed by atoms with Crippen molar-refractivity contribution in [3.8, 4) is 0 Å². The lowest BCUT2D eigenvalue weighted by molar-refractivity contribution is -0.140. The molecule has 1 unspecified atom stereocenters. The second-order valence-corrected chi connectivity index (χ2v) is 7.98. The molecule has 0 bridgehead atoms. The number of para-hydroxylation sites is 1. The number of H-pyrrole nitrogens is 1. The van der Waals surface area contributed by atoms with Crippen LogP contribution in [-0.2, 0) is 16.0 Å². The van der Waals surface area contributed by atoms with Crippen molar-refractivity contribution >= 4 is 28.4 Å². The Morgan fingerprint density at radius 2 is 1.84 bits per heavy atom. The van der Waals surface area contributed by atoms with E-state index in [2.05, 4.69) is 4.98 Å². The number of rotatable bonds is 5. The van der Waals surface area contributed by atoms with E-state index >= 15 is 0 Å². The van der Waals surface area contributed by atoms with Gasteiger partial charge in [0.15, 0.2) is 0 Å². The standard InChI is InChI=1S/C26H22N2O4/c1-16-8-10-17(11-9-16)24(29)22-23(21-7-4-14-32-21)28(26(31)25(22)30)13-12-18-15-27-20-6-3-2-5-19(18)20/h2-11,14-15,23,27,29H,12-13H2,1H3. The van der Waals surface area contributed by atoms with Crippen LogP contribution in [0.4, 0.5) is 0 Å². The van der Waals surface area contributed by atoms with Crippen molar-refractivity contribution in [3.05, 3.63) is 101 Å². The Hall–Kier alpha value is -4.06. The number of nitrogens with one attached hydrogen (secondary N) is 1. The molecule has 0 aliphatic carbocycles. The summed E-state index contributed by atoms with van der Waals surface area (Å²) < 4.78 is 5.59. The number of likely N-dealkylation sites (tertiary alicyclic amines) is 1. The van der Waals surface area contributed by atoms with Crippen molar-refractivity contribution in [2.75, 3.05) is 6.54 Å². The van der Waals surface area contributed by atoms with Gasteiger partial charge in [-0.15, -0.1) is 0 Å². The minimum Gasteiger partial charge on any atom is -0.507 e. The number of benzene rings is 2. The highest BCUT2D eigenvalue weighted by atomic mass is 16.3. The number of fused-ring (bicyclic) bond motifs is 1. The number of carbonyl (C=O) groups is 2. The quantitative estimate of drug-likeness (QED) is 0.274. The minimum atomic E-state index is -0.781. The summed E-state index contributed by atoms with van der Waals surface area (Å²) in [6.45, 7) is 2.25. The van der Waals surface area contributed by atoms with Gasteiger partial charge in [0, 0.05) is 29.2 Å². The molecule has 2 N–H and O–H groups in total. The number of hydrogen-bond donors (Lipinski definition) is 2. The number of aromatic nitrogens is 1. The van der Waals surface area contributed by atoms with Crippen molar-refractivity contribution in [3.63, 3.8) is 0 Å². The molecule has 1 amide bonds. The van der Waals surface area contributed by atoms with Crippen LogP contribution in [0.1, 0.15) is 28.5 Å². The molecule has 1 atom stereocenters. The summed E-state index contributed by atoms with van der Waals surface area (Å²) in [5, 5.41) is 12.1. The number of nitrogens with zero attached hydrogens (tertiary/aromatic N) is 1. The lowest BCUT2D eigenvalue weighted by Crippen LogP contribution is -2.31. The Bertz CT molecular complexity index is 1330. The van der Waals surface area contributed by atoms with E-state index in [0.717, 1.165) is 22.0 Å². The van der Waals surface area contributed by atoms with Crippen LogP contribution in [0, 0.1) is 6.92 Å². The fourth-order valence-corrected chi connectivity index (χ4v) is 4.30. The number of amides is 1. The molecule has 2 aromatic heterocycles. The highest BCUT2D eigenvalue weighted by molar-refractivity contribution is 6.46. The number of aliphatic hydroxyl groups excluding tert-OH is 1. The van der Waals surface area contributed by atoms with Gasteiger partial charge in [0.25, 0.3) is 11.7 Å². The molecule has 160 valence electrons. The van der Waals surface area contributed by atoms with Crippen molar-refractivity contribution in [2.24, 2.45) is 0 Å². The van der Waals surface area contributed by atoms with E-state index < -0.39 is 17.7 Å². The molecule has 1 aliphatic heterocycles. The molecule has 1 aliphatic rings. The molecular weight excluding hydrogens is 404 g/mol. The van der Waals surface area contributed by atoms with Crippen molar-refractivity contribution in [1.29, 1.82) is 0 Å². The summed E-state index contributed by atoms with van der Waals surface area (Å²) in [7, 11) is 0. The summed E-state index contributed by atoms with van der Waals surface area (Å²) in [6.07, 6.45) is 3.98. The van der Waals surface area contributed by atoms with Crippen molar-refractivity contribution in [1.82, 2.24) is 9.88 Å². The maximum Gasteiger partial charge on any atom is 0.295 e. The first-order valence-electron chi connectivity index (χ1n) is 10.5. The number of carbonyl (C=O) groups excluding carboxylic acids is 2. The maximum atomic E-state index is 13.0. The molecule has 0 saturated carbocycles. The van der Waals surface area contributed by atoms with Crippen LogP contribution in [0.5, 0.6) is 0 Å². The first-order valence-corrected chi connectivity index (χ1v) is 10.5. The summed E-state index contributed by atoms with van der Waals surface area (Å²) in [6, 6.07) is 17.8. The van der Waals surface area contributed by atoms with Crippen molar-refractivity contribution in [2.45, 2.75) is 19.4 Å². The first-order chi connectivity index (χ1) is 15.5. The summed E-state index contributed by atoms with van der Waals surface area (Å²) in [5.41, 5.74) is 3.64. The second-order valence-electron chi connectivity index (χ2n) is 7.98. The van der Waals surface area contributed by atoms with E-state index in [1.54, 1.807) is 24.3 Å². The van der Waals surface area contributed by atoms with Crippen LogP contribution >= 0.6 is 0 Å². The van der Waals surface area contributed by atoms with Gasteiger partial charge in [-0.2, -0.15) is 0 Å². The van der Waals surface area contributed by atoms with Gasteiger partial charge in [-0.25, -0.2) is 0 Å². The molecular formula is C26H22N2O4. The highest BCUT2D eigenvalue weighted by Gasteiger charge is 2.47. The first kappa shape index (κ1) is 19.9. The zero-order valence-corrected chi connectivity index (χ0v) is 17.5. The number of aromatic amines is 1. The second kappa shape index (κ2) is 7.89. The van der Waals surface area contributed by atoms with Gasteiger partial charge in [-0.05, 0) is 37.1 Å². The van der Waals surface area contributed by atoms with E-state index in [1.807, 2.05) is 49.5 Å². The molecule has 3 heterocycles. The molecule has 0 spiro atoms. The van der Waals surface area contributed by atoms with Gasteiger partial charge in [0.2, 0.25) is 0 Å². The third kappa shape index (κ3) is 3.30. The van der Waals surface area contributed by atoms with Crippen molar-refractivity contribution < 1.29 is 19.1 Å². The predicted octanol–water partition coefficient (Wildman–Crippen LogP) is 4.73. The molecule has 0 radical (unpaired) electrons. The fourth-order valence-electron chi connectivity index (χ4n) is 4.30. The van der Waals surface area contributed by atoms with Crippen LogP contribution in [0.25, 0.3) is 16.7 Å². The molecule has 6 heteroatoms. The van der Waals surface area contributed by atoms with E-state index in [4.69, 9.17) is 4.42 Å². The average Bonchev–Trinajstić information content (AvgIpc) is 3.52. The molecule has 5 rings (SSSR count). The number of hydrogen-bond acceptors (Lipinski definition) is 4. The van der Waals surface area contributed by atoms with E-state index in [9.17, 15) is 14.7 Å². The lowest BCUT2D eigenvalue weighted by Gasteiger charge is -2.23. The number of furan rings is 1. The molecule has 32 heavy (non-hydrogen) atoms. The van der Waals surface area contributed by atoms with Gasteiger partial charge in [0.1, 0.15) is 17.6 Å². The van der Waals surface area contributed by atoms with Gasteiger partial charge >= 0.3 is 0 Å². The Balaban J connectivity index is 1.53. The van der Waals surface area contributed by atoms with E-state index in [0.29, 0.717) is 24.3 Å². The Kier molecular flexibility index (Phi) is 4.90. The number of Topliss-reactive ketones (excluding diaryl/α,β-unsaturated/α-hetero) is 1. The van der Waals surface area contributed by atoms with Crippen LogP contribution in [-0.4, -0.2) is 33.2 Å². The van der Waals surface area contributed by atoms with Gasteiger partial charge in [-0.3, -0.25) is 9.59 Å². The zero-order valence-electron chi connectivity index (χ0n) is 17.5. The average molecular weight is 426 g/mol. The maximum absolute atomic E-state index is 13.0. The molecule has 1 fully saturated rings. The summed E-state index contributed by atoms with van der Waals surface area (Å²) in [5.74, 6) is -1.10. The van der Waals surface area contributed by atoms with Gasteiger partial charge < -0.3 is 19.4 Å². The lowest BCUT2D eigenvalue weighted by atomic mass is 9.98. The van der Waals surface area contributed by atoms with E-state index in [-0.39, 0.29) is 11.3 Å². The van der Waals surface area contributed by atoms with Gasteiger partial charge in [-0.1, -0.05) is 48.0 Å². The topological polar surface area (TPSA) is 86.5 Å². The van der Waals surface area contributed by atoms with Crippen LogP contribution in [0.2, 0.25) is 0 Å².